The molecule has 0 aliphatic carbocycles. The minimum Gasteiger partial charge on any atom is -0.383 e. The Morgan fingerprint density at radius 1 is 1.21 bits per heavy atom. The largest absolute Gasteiger partial charge is 0.383 e. The SMILES string of the molecule is CC(C)CN(C(=O)CCNC(=O)c1ccc(F)cc1Cl)c1c(N)n(CC(C)C)c(=O)[nH]c1=O. The summed E-state index contributed by atoms with van der Waals surface area (Å²) >= 11 is 5.90. The lowest BCUT2D eigenvalue weighted by molar-refractivity contribution is -0.118. The summed E-state index contributed by atoms with van der Waals surface area (Å²) in [4.78, 5) is 53.7. The van der Waals surface area contributed by atoms with Gasteiger partial charge in [0, 0.05) is 26.1 Å². The molecule has 180 valence electrons. The van der Waals surface area contributed by atoms with Gasteiger partial charge in [0.2, 0.25) is 5.91 Å². The summed E-state index contributed by atoms with van der Waals surface area (Å²) < 4.78 is 14.4. The zero-order chi connectivity index (χ0) is 24.9. The Bertz CT molecular complexity index is 1140. The number of halogens is 2. The van der Waals surface area contributed by atoms with Crippen LogP contribution in [0.5, 0.6) is 0 Å². The van der Waals surface area contributed by atoms with E-state index in [2.05, 4.69) is 10.3 Å². The van der Waals surface area contributed by atoms with Crippen LogP contribution in [-0.4, -0.2) is 34.5 Å². The second-order valence-electron chi connectivity index (χ2n) is 8.53. The number of aromatic amines is 1. The maximum absolute atomic E-state index is 13.2. The number of carbonyl (C=O) groups is 2. The number of rotatable bonds is 9. The monoisotopic (exact) mass is 481 g/mol. The molecule has 0 saturated heterocycles. The highest BCUT2D eigenvalue weighted by molar-refractivity contribution is 6.33. The minimum atomic E-state index is -0.756. The molecule has 1 aromatic heterocycles. The van der Waals surface area contributed by atoms with Crippen LogP contribution < -0.4 is 27.2 Å². The highest BCUT2D eigenvalue weighted by Crippen LogP contribution is 2.20. The molecule has 9 nitrogen and oxygen atoms in total. The maximum atomic E-state index is 13.2. The molecule has 0 saturated carbocycles. The summed E-state index contributed by atoms with van der Waals surface area (Å²) in [5.74, 6) is -1.62. The van der Waals surface area contributed by atoms with Crippen molar-refractivity contribution in [1.29, 1.82) is 0 Å². The summed E-state index contributed by atoms with van der Waals surface area (Å²) in [6.45, 7) is 7.92. The van der Waals surface area contributed by atoms with Crippen LogP contribution >= 0.6 is 11.6 Å². The van der Waals surface area contributed by atoms with Crippen molar-refractivity contribution in [2.75, 3.05) is 23.7 Å². The van der Waals surface area contributed by atoms with Crippen LogP contribution in [0.4, 0.5) is 15.9 Å². The lowest BCUT2D eigenvalue weighted by Crippen LogP contribution is -2.43. The number of hydrogen-bond acceptors (Lipinski definition) is 5. The molecular weight excluding hydrogens is 453 g/mol. The Labute approximate surface area is 195 Å². The molecule has 0 bridgehead atoms. The quantitative estimate of drug-likeness (QED) is 0.506. The fourth-order valence-electron chi connectivity index (χ4n) is 3.25. The predicted molar refractivity (Wildman–Crippen MR) is 126 cm³/mol. The zero-order valence-electron chi connectivity index (χ0n) is 19.1. The van der Waals surface area contributed by atoms with Crippen LogP contribution in [0.25, 0.3) is 0 Å². The summed E-state index contributed by atoms with van der Waals surface area (Å²) in [6, 6.07) is 3.38. The van der Waals surface area contributed by atoms with E-state index in [1.165, 1.54) is 15.5 Å². The molecule has 0 aliphatic heterocycles. The molecule has 11 heteroatoms. The van der Waals surface area contributed by atoms with Gasteiger partial charge >= 0.3 is 5.69 Å². The Balaban J connectivity index is 2.25. The predicted octanol–water partition coefficient (Wildman–Crippen LogP) is 2.38. The van der Waals surface area contributed by atoms with Crippen LogP contribution in [-0.2, 0) is 11.3 Å². The van der Waals surface area contributed by atoms with Gasteiger partial charge in [0.25, 0.3) is 11.5 Å². The minimum absolute atomic E-state index is 0.00848. The molecule has 1 aromatic carbocycles. The van der Waals surface area contributed by atoms with Crippen molar-refractivity contribution in [3.8, 4) is 0 Å². The lowest BCUT2D eigenvalue weighted by Gasteiger charge is -2.26. The van der Waals surface area contributed by atoms with E-state index in [1.807, 2.05) is 27.7 Å². The van der Waals surface area contributed by atoms with E-state index in [0.29, 0.717) is 0 Å². The number of hydrogen-bond donors (Lipinski definition) is 3. The third kappa shape index (κ3) is 6.67. The lowest BCUT2D eigenvalue weighted by atomic mass is 10.1. The number of nitrogens with zero attached hydrogens (tertiary/aromatic N) is 2. The van der Waals surface area contributed by atoms with E-state index in [4.69, 9.17) is 17.3 Å². The number of anilines is 2. The van der Waals surface area contributed by atoms with Crippen molar-refractivity contribution in [3.05, 3.63) is 55.4 Å². The van der Waals surface area contributed by atoms with Gasteiger partial charge in [-0.3, -0.25) is 23.9 Å². The zero-order valence-corrected chi connectivity index (χ0v) is 19.8. The topological polar surface area (TPSA) is 130 Å². The third-order valence-corrected chi connectivity index (χ3v) is 4.99. The molecule has 0 spiro atoms. The van der Waals surface area contributed by atoms with Gasteiger partial charge < -0.3 is 16.0 Å². The summed E-state index contributed by atoms with van der Waals surface area (Å²) in [7, 11) is 0. The van der Waals surface area contributed by atoms with Gasteiger partial charge in [-0.15, -0.1) is 0 Å². The van der Waals surface area contributed by atoms with Gasteiger partial charge in [-0.25, -0.2) is 9.18 Å². The van der Waals surface area contributed by atoms with Crippen LogP contribution in [0.2, 0.25) is 5.02 Å². The van der Waals surface area contributed by atoms with Gasteiger partial charge in [-0.1, -0.05) is 39.3 Å². The van der Waals surface area contributed by atoms with Crippen LogP contribution in [0.3, 0.4) is 0 Å². The average molecular weight is 482 g/mol. The van der Waals surface area contributed by atoms with Crippen LogP contribution in [0.1, 0.15) is 44.5 Å². The van der Waals surface area contributed by atoms with Crippen molar-refractivity contribution in [2.45, 2.75) is 40.7 Å². The van der Waals surface area contributed by atoms with E-state index in [1.54, 1.807) is 0 Å². The van der Waals surface area contributed by atoms with Gasteiger partial charge in [-0.2, -0.15) is 0 Å². The normalized spacial score (nSPS) is 11.2. The molecule has 4 N–H and O–H groups in total. The fraction of sp³-hybridized carbons (Fsp3) is 0.455. The number of aromatic nitrogens is 2. The van der Waals surface area contributed by atoms with Crippen LogP contribution in [0.15, 0.2) is 27.8 Å². The first-order valence-corrected chi connectivity index (χ1v) is 11.0. The van der Waals surface area contributed by atoms with Gasteiger partial charge in [0.05, 0.1) is 10.6 Å². The van der Waals surface area contributed by atoms with E-state index in [9.17, 15) is 23.6 Å². The molecule has 1 heterocycles. The standard InChI is InChI=1S/C22H29ClFN5O4/c1-12(2)10-28(18-19(25)29(11-13(3)4)22(33)27-21(18)32)17(30)7-8-26-20(31)15-6-5-14(24)9-16(15)23/h5-6,9,12-13H,7-8,10-11,25H2,1-4H3,(H,26,31)(H,27,32,33). The Morgan fingerprint density at radius 2 is 1.88 bits per heavy atom. The molecule has 2 amide bonds. The molecule has 0 fully saturated rings. The number of amides is 2. The van der Waals surface area contributed by atoms with Gasteiger partial charge in [-0.05, 0) is 30.0 Å². The maximum Gasteiger partial charge on any atom is 0.330 e. The second kappa shape index (κ2) is 11.1. The Morgan fingerprint density at radius 3 is 2.45 bits per heavy atom. The molecule has 2 rings (SSSR count). The molecule has 0 unspecified atom stereocenters. The first-order chi connectivity index (χ1) is 15.4. The van der Waals surface area contributed by atoms with Crippen molar-refractivity contribution >= 4 is 34.9 Å². The van der Waals surface area contributed by atoms with E-state index in [-0.39, 0.29) is 60.0 Å². The molecule has 33 heavy (non-hydrogen) atoms. The first-order valence-electron chi connectivity index (χ1n) is 10.6. The smallest absolute Gasteiger partial charge is 0.330 e. The number of benzene rings is 1. The first kappa shape index (κ1) is 26.1. The van der Waals surface area contributed by atoms with E-state index >= 15 is 0 Å². The van der Waals surface area contributed by atoms with Gasteiger partial charge in [0.15, 0.2) is 5.69 Å². The van der Waals surface area contributed by atoms with Crippen molar-refractivity contribution in [1.82, 2.24) is 14.9 Å². The number of nitrogen functional groups attached to an aromatic ring is 1. The summed E-state index contributed by atoms with van der Waals surface area (Å²) in [6.07, 6.45) is -0.139. The molecule has 0 radical (unpaired) electrons. The fourth-order valence-corrected chi connectivity index (χ4v) is 3.51. The number of H-pyrrole nitrogens is 1. The Kier molecular flexibility index (Phi) is 8.81. The molecule has 0 atom stereocenters. The second-order valence-corrected chi connectivity index (χ2v) is 8.93. The number of carbonyl (C=O) groups excluding carboxylic acids is 2. The molecule has 2 aromatic rings. The number of nitrogens with one attached hydrogen (secondary N) is 2. The highest BCUT2D eigenvalue weighted by Gasteiger charge is 2.25. The number of nitrogens with two attached hydrogens (primary N) is 1. The third-order valence-electron chi connectivity index (χ3n) is 4.68. The molecule has 0 aliphatic rings. The van der Waals surface area contributed by atoms with Crippen molar-refractivity contribution in [2.24, 2.45) is 11.8 Å². The van der Waals surface area contributed by atoms with Crippen molar-refractivity contribution < 1.29 is 14.0 Å². The van der Waals surface area contributed by atoms with Crippen LogP contribution in [0, 0.1) is 17.7 Å². The average Bonchev–Trinajstić information content (AvgIpc) is 2.69. The van der Waals surface area contributed by atoms with E-state index < -0.39 is 28.9 Å². The highest BCUT2D eigenvalue weighted by atomic mass is 35.5. The van der Waals surface area contributed by atoms with E-state index in [0.717, 1.165) is 12.1 Å². The van der Waals surface area contributed by atoms with Crippen molar-refractivity contribution in [3.63, 3.8) is 0 Å². The summed E-state index contributed by atoms with van der Waals surface area (Å²) in [5.41, 5.74) is 4.74. The van der Waals surface area contributed by atoms with Gasteiger partial charge in [0.1, 0.15) is 11.6 Å². The molecular formula is C22H29ClFN5O4. The summed E-state index contributed by atoms with van der Waals surface area (Å²) in [5, 5.41) is 2.51. The Hall–Kier alpha value is -3.14.